The standard InChI is InChI=1S/C11H13BrN2/c1-3-4-5-6-13-11-10(12)7-9(2)8-14-11/h1,7-8H,4-6H2,2H3,(H,13,14). The Morgan fingerprint density at radius 1 is 1.64 bits per heavy atom. The molecule has 3 heteroatoms. The van der Waals surface area contributed by atoms with E-state index in [0.717, 1.165) is 35.2 Å². The van der Waals surface area contributed by atoms with Crippen molar-refractivity contribution < 1.29 is 0 Å². The highest BCUT2D eigenvalue weighted by Gasteiger charge is 1.99. The third kappa shape index (κ3) is 3.39. The molecule has 0 unspecified atom stereocenters. The maximum absolute atomic E-state index is 5.16. The minimum absolute atomic E-state index is 0.802. The van der Waals surface area contributed by atoms with E-state index in [4.69, 9.17) is 6.42 Å². The van der Waals surface area contributed by atoms with Crippen LogP contribution in [-0.4, -0.2) is 11.5 Å². The lowest BCUT2D eigenvalue weighted by atomic mass is 10.3. The first-order chi connectivity index (χ1) is 6.74. The van der Waals surface area contributed by atoms with E-state index in [1.165, 1.54) is 0 Å². The Kier molecular flexibility index (Phi) is 4.48. The monoisotopic (exact) mass is 252 g/mol. The molecule has 0 fully saturated rings. The smallest absolute Gasteiger partial charge is 0.140 e. The van der Waals surface area contributed by atoms with Gasteiger partial charge in [0, 0.05) is 19.2 Å². The summed E-state index contributed by atoms with van der Waals surface area (Å²) in [6.07, 6.45) is 8.77. The van der Waals surface area contributed by atoms with Gasteiger partial charge in [0.15, 0.2) is 0 Å². The number of nitrogens with one attached hydrogen (secondary N) is 1. The second-order valence-electron chi connectivity index (χ2n) is 3.08. The quantitative estimate of drug-likeness (QED) is 0.659. The number of hydrogen-bond donors (Lipinski definition) is 1. The van der Waals surface area contributed by atoms with Gasteiger partial charge in [-0.1, -0.05) is 0 Å². The summed E-state index contributed by atoms with van der Waals surface area (Å²) in [7, 11) is 0. The zero-order valence-electron chi connectivity index (χ0n) is 8.18. The Morgan fingerprint density at radius 3 is 3.07 bits per heavy atom. The molecule has 1 rings (SSSR count). The fourth-order valence-corrected chi connectivity index (χ4v) is 1.66. The van der Waals surface area contributed by atoms with E-state index in [0.29, 0.717) is 0 Å². The average molecular weight is 253 g/mol. The van der Waals surface area contributed by atoms with Crippen LogP contribution < -0.4 is 5.32 Å². The number of hydrogen-bond acceptors (Lipinski definition) is 2. The number of aromatic nitrogens is 1. The third-order valence-corrected chi connectivity index (χ3v) is 2.37. The van der Waals surface area contributed by atoms with E-state index in [1.807, 2.05) is 19.2 Å². The van der Waals surface area contributed by atoms with Crippen LogP contribution in [0.5, 0.6) is 0 Å². The molecule has 2 nitrogen and oxygen atoms in total. The Labute approximate surface area is 93.3 Å². The van der Waals surface area contributed by atoms with E-state index in [-0.39, 0.29) is 0 Å². The van der Waals surface area contributed by atoms with Crippen molar-refractivity contribution in [2.45, 2.75) is 19.8 Å². The van der Waals surface area contributed by atoms with E-state index in [1.54, 1.807) is 0 Å². The normalized spacial score (nSPS) is 9.50. The number of anilines is 1. The number of unbranched alkanes of at least 4 members (excludes halogenated alkanes) is 1. The van der Waals surface area contributed by atoms with Crippen molar-refractivity contribution in [1.29, 1.82) is 0 Å². The molecule has 1 aromatic heterocycles. The summed E-state index contributed by atoms with van der Waals surface area (Å²) in [5, 5.41) is 3.22. The molecule has 0 aromatic carbocycles. The Morgan fingerprint density at radius 2 is 2.43 bits per heavy atom. The zero-order chi connectivity index (χ0) is 10.4. The van der Waals surface area contributed by atoms with Crippen molar-refractivity contribution in [3.63, 3.8) is 0 Å². The van der Waals surface area contributed by atoms with E-state index in [9.17, 15) is 0 Å². The van der Waals surface area contributed by atoms with Crippen molar-refractivity contribution in [2.75, 3.05) is 11.9 Å². The lowest BCUT2D eigenvalue weighted by molar-refractivity contribution is 0.900. The van der Waals surface area contributed by atoms with Crippen molar-refractivity contribution in [3.8, 4) is 12.3 Å². The summed E-state index contributed by atoms with van der Waals surface area (Å²) in [5.41, 5.74) is 1.14. The summed E-state index contributed by atoms with van der Waals surface area (Å²) in [6.45, 7) is 2.87. The highest BCUT2D eigenvalue weighted by molar-refractivity contribution is 9.10. The van der Waals surface area contributed by atoms with Crippen molar-refractivity contribution in [2.24, 2.45) is 0 Å². The van der Waals surface area contributed by atoms with Crippen molar-refractivity contribution in [1.82, 2.24) is 4.98 Å². The molecule has 0 amide bonds. The van der Waals surface area contributed by atoms with E-state index < -0.39 is 0 Å². The molecule has 0 aliphatic carbocycles. The summed E-state index contributed by atoms with van der Waals surface area (Å²) in [5.74, 6) is 3.49. The van der Waals surface area contributed by atoms with Gasteiger partial charge in [0.2, 0.25) is 0 Å². The first-order valence-corrected chi connectivity index (χ1v) is 5.33. The lowest BCUT2D eigenvalue weighted by Gasteiger charge is -2.06. The molecule has 1 heterocycles. The molecule has 1 N–H and O–H groups in total. The second-order valence-corrected chi connectivity index (χ2v) is 3.93. The summed E-state index contributed by atoms with van der Waals surface area (Å²) in [6, 6.07) is 2.04. The maximum Gasteiger partial charge on any atom is 0.140 e. The molecule has 0 radical (unpaired) electrons. The highest BCUT2D eigenvalue weighted by atomic mass is 79.9. The van der Waals surface area contributed by atoms with Gasteiger partial charge in [-0.2, -0.15) is 0 Å². The van der Waals surface area contributed by atoms with Gasteiger partial charge in [-0.25, -0.2) is 4.98 Å². The molecule has 14 heavy (non-hydrogen) atoms. The van der Waals surface area contributed by atoms with Crippen LogP contribution >= 0.6 is 15.9 Å². The number of nitrogens with zero attached hydrogens (tertiary/aromatic N) is 1. The average Bonchev–Trinajstić information content (AvgIpc) is 2.15. The summed E-state index contributed by atoms with van der Waals surface area (Å²) < 4.78 is 0.998. The summed E-state index contributed by atoms with van der Waals surface area (Å²) >= 11 is 3.45. The van der Waals surface area contributed by atoms with Crippen molar-refractivity contribution >= 4 is 21.7 Å². The molecular formula is C11H13BrN2. The third-order valence-electron chi connectivity index (χ3n) is 1.77. The van der Waals surface area contributed by atoms with Crippen molar-refractivity contribution in [3.05, 3.63) is 22.3 Å². The van der Waals surface area contributed by atoms with Gasteiger partial charge in [-0.15, -0.1) is 12.3 Å². The van der Waals surface area contributed by atoms with Gasteiger partial charge in [0.25, 0.3) is 0 Å². The Hall–Kier alpha value is -1.01. The molecule has 0 saturated carbocycles. The van der Waals surface area contributed by atoms with Crippen LogP contribution in [-0.2, 0) is 0 Å². The predicted octanol–water partition coefficient (Wildman–Crippen LogP) is 2.98. The minimum Gasteiger partial charge on any atom is -0.369 e. The van der Waals surface area contributed by atoms with Crippen LogP contribution in [0.3, 0.4) is 0 Å². The fourth-order valence-electron chi connectivity index (χ4n) is 1.06. The molecule has 0 bridgehead atoms. The number of terminal acetylenes is 1. The minimum atomic E-state index is 0.802. The highest BCUT2D eigenvalue weighted by Crippen LogP contribution is 2.20. The lowest BCUT2D eigenvalue weighted by Crippen LogP contribution is -2.03. The SMILES string of the molecule is C#CCCCNc1ncc(C)cc1Br. The largest absolute Gasteiger partial charge is 0.369 e. The number of halogens is 1. The topological polar surface area (TPSA) is 24.9 Å². The van der Waals surface area contributed by atoms with Crippen LogP contribution in [0.1, 0.15) is 18.4 Å². The van der Waals surface area contributed by atoms with Gasteiger partial charge in [-0.05, 0) is 40.9 Å². The molecule has 0 aliphatic heterocycles. The number of rotatable bonds is 4. The Bertz CT molecular complexity index is 342. The molecule has 0 saturated heterocycles. The maximum atomic E-state index is 5.16. The zero-order valence-corrected chi connectivity index (χ0v) is 9.76. The van der Waals surface area contributed by atoms with E-state index >= 15 is 0 Å². The van der Waals surface area contributed by atoms with Crippen LogP contribution in [0, 0.1) is 19.3 Å². The summed E-state index contributed by atoms with van der Waals surface area (Å²) in [4.78, 5) is 4.27. The van der Waals surface area contributed by atoms with Gasteiger partial charge in [0.1, 0.15) is 5.82 Å². The number of aryl methyl sites for hydroxylation is 1. The molecular weight excluding hydrogens is 240 g/mol. The number of pyridine rings is 1. The first kappa shape index (κ1) is 11.1. The molecule has 0 atom stereocenters. The van der Waals surface area contributed by atoms with Crippen LogP contribution in [0.2, 0.25) is 0 Å². The molecule has 74 valence electrons. The van der Waals surface area contributed by atoms with Gasteiger partial charge >= 0.3 is 0 Å². The second kappa shape index (κ2) is 5.66. The van der Waals surface area contributed by atoms with Gasteiger partial charge in [-0.3, -0.25) is 0 Å². The fraction of sp³-hybridized carbons (Fsp3) is 0.364. The van der Waals surface area contributed by atoms with Crippen LogP contribution in [0.4, 0.5) is 5.82 Å². The van der Waals surface area contributed by atoms with E-state index in [2.05, 4.69) is 32.2 Å². The Balaban J connectivity index is 2.47. The van der Waals surface area contributed by atoms with Crippen LogP contribution in [0.15, 0.2) is 16.7 Å². The van der Waals surface area contributed by atoms with Gasteiger partial charge < -0.3 is 5.32 Å². The molecule has 0 aliphatic rings. The first-order valence-electron chi connectivity index (χ1n) is 4.53. The van der Waals surface area contributed by atoms with Gasteiger partial charge in [0.05, 0.1) is 4.47 Å². The molecule has 0 spiro atoms. The molecule has 1 aromatic rings. The van der Waals surface area contributed by atoms with Crippen LogP contribution in [0.25, 0.3) is 0 Å². The predicted molar refractivity (Wildman–Crippen MR) is 63.2 cm³/mol.